The topological polar surface area (TPSA) is 55.8 Å². The number of amides is 1. The third kappa shape index (κ3) is 2.73. The summed E-state index contributed by atoms with van der Waals surface area (Å²) in [5, 5.41) is 2.08. The van der Waals surface area contributed by atoms with Crippen LogP contribution in [-0.4, -0.2) is 30.1 Å². The third-order valence-electron chi connectivity index (χ3n) is 6.65. The van der Waals surface area contributed by atoms with Crippen LogP contribution >= 0.6 is 0 Å². The number of carbonyl (C=O) groups excluding carboxylic acids is 2. The van der Waals surface area contributed by atoms with Gasteiger partial charge in [0.2, 0.25) is 5.91 Å². The van der Waals surface area contributed by atoms with E-state index < -0.39 is 23.5 Å². The molecule has 0 saturated carbocycles. The van der Waals surface area contributed by atoms with E-state index in [0.29, 0.717) is 6.54 Å². The summed E-state index contributed by atoms with van der Waals surface area (Å²) in [6.45, 7) is 0.591. The number of hydrogen-bond acceptors (Lipinski definition) is 4. The van der Waals surface area contributed by atoms with Gasteiger partial charge in [-0.3, -0.25) is 9.59 Å². The summed E-state index contributed by atoms with van der Waals surface area (Å²) in [5.74, 6) is -1.64. The highest BCUT2D eigenvalue weighted by molar-refractivity contribution is 6.08. The maximum atomic E-state index is 13.6. The van der Waals surface area contributed by atoms with Crippen molar-refractivity contribution in [2.24, 2.45) is 11.8 Å². The number of hydrogen-bond donors (Lipinski definition) is 0. The summed E-state index contributed by atoms with van der Waals surface area (Å²) in [6.07, 6.45) is 3.46. The van der Waals surface area contributed by atoms with Crippen molar-refractivity contribution in [3.05, 3.63) is 90.5 Å². The molecule has 3 aromatic rings. The minimum Gasteiger partial charge on any atom is -0.460 e. The summed E-state index contributed by atoms with van der Waals surface area (Å²) in [4.78, 5) is 28.4. The molecule has 31 heavy (non-hydrogen) atoms. The van der Waals surface area contributed by atoms with E-state index >= 15 is 0 Å². The zero-order chi connectivity index (χ0) is 21.0. The van der Waals surface area contributed by atoms with Gasteiger partial charge in [0, 0.05) is 5.39 Å². The van der Waals surface area contributed by atoms with Gasteiger partial charge in [0.1, 0.15) is 18.1 Å². The number of benzene rings is 3. The van der Waals surface area contributed by atoms with E-state index in [4.69, 9.17) is 9.47 Å². The average molecular weight is 411 g/mol. The minimum atomic E-state index is -0.769. The molecular formula is C26H21NO4. The normalized spacial score (nSPS) is 28.3. The fourth-order valence-corrected chi connectivity index (χ4v) is 5.24. The Hall–Kier alpha value is -3.44. The van der Waals surface area contributed by atoms with E-state index in [2.05, 4.69) is 0 Å². The highest BCUT2D eigenvalue weighted by Gasteiger charge is 2.67. The van der Waals surface area contributed by atoms with E-state index in [1.807, 2.05) is 84.9 Å². The van der Waals surface area contributed by atoms with E-state index in [0.717, 1.165) is 22.0 Å². The summed E-state index contributed by atoms with van der Waals surface area (Å²) in [5.41, 5.74) is 0.999. The van der Waals surface area contributed by atoms with Crippen LogP contribution < -0.4 is 4.90 Å². The Labute approximate surface area is 179 Å². The highest BCUT2D eigenvalue weighted by atomic mass is 16.6. The number of nitrogens with zero attached hydrogens (tertiary/aromatic N) is 1. The van der Waals surface area contributed by atoms with E-state index in [-0.39, 0.29) is 18.5 Å². The lowest BCUT2D eigenvalue weighted by atomic mass is 9.77. The van der Waals surface area contributed by atoms with Gasteiger partial charge < -0.3 is 14.4 Å². The highest BCUT2D eigenvalue weighted by Crippen LogP contribution is 2.53. The second-order valence-corrected chi connectivity index (χ2v) is 8.42. The number of rotatable bonds is 4. The van der Waals surface area contributed by atoms with Gasteiger partial charge >= 0.3 is 5.97 Å². The second kappa shape index (κ2) is 6.79. The fraction of sp³-hybridized carbons (Fsp3) is 0.231. The van der Waals surface area contributed by atoms with Crippen molar-refractivity contribution in [3.63, 3.8) is 0 Å². The van der Waals surface area contributed by atoms with Crippen LogP contribution in [0.4, 0.5) is 5.69 Å². The molecule has 5 heteroatoms. The van der Waals surface area contributed by atoms with Crippen LogP contribution in [0.25, 0.3) is 10.8 Å². The zero-order valence-electron chi connectivity index (χ0n) is 16.8. The van der Waals surface area contributed by atoms with Crippen LogP contribution in [0.1, 0.15) is 5.56 Å². The van der Waals surface area contributed by atoms with E-state index in [1.54, 1.807) is 4.90 Å². The summed E-state index contributed by atoms with van der Waals surface area (Å²) in [6, 6.07) is 23.5. The van der Waals surface area contributed by atoms with E-state index in [1.165, 1.54) is 0 Å². The lowest BCUT2D eigenvalue weighted by Crippen LogP contribution is -2.40. The molecule has 1 spiro atoms. The number of anilines is 1. The van der Waals surface area contributed by atoms with Crippen molar-refractivity contribution < 1.29 is 19.1 Å². The van der Waals surface area contributed by atoms with Crippen LogP contribution in [-0.2, 0) is 25.7 Å². The maximum Gasteiger partial charge on any atom is 0.313 e. The number of ether oxygens (including phenoxy) is 2. The first-order valence-corrected chi connectivity index (χ1v) is 10.5. The predicted molar refractivity (Wildman–Crippen MR) is 116 cm³/mol. The Balaban J connectivity index is 1.30. The lowest BCUT2D eigenvalue weighted by Gasteiger charge is -2.23. The Kier molecular flexibility index (Phi) is 4.02. The van der Waals surface area contributed by atoms with Gasteiger partial charge in [-0.2, -0.15) is 0 Å². The molecule has 2 saturated heterocycles. The SMILES string of the molecule is O=C(OCc1ccccc1)[C@@H]1[C@@H]2C=C[C@@]3(CN(c4cccc5ccccc45)C(=O)[C@@H]13)O2. The maximum absolute atomic E-state index is 13.6. The van der Waals surface area contributed by atoms with Gasteiger partial charge in [0.05, 0.1) is 24.3 Å². The molecule has 3 aromatic carbocycles. The van der Waals surface area contributed by atoms with Crippen LogP contribution in [0, 0.1) is 11.8 Å². The second-order valence-electron chi connectivity index (χ2n) is 8.42. The van der Waals surface area contributed by atoms with Gasteiger partial charge in [-0.05, 0) is 17.0 Å². The van der Waals surface area contributed by atoms with Crippen molar-refractivity contribution >= 4 is 28.3 Å². The molecule has 3 aliphatic heterocycles. The van der Waals surface area contributed by atoms with Gasteiger partial charge in [0.15, 0.2) is 0 Å². The van der Waals surface area contributed by atoms with E-state index in [9.17, 15) is 9.59 Å². The van der Waals surface area contributed by atoms with Crippen molar-refractivity contribution in [1.82, 2.24) is 0 Å². The number of fused-ring (bicyclic) bond motifs is 2. The first-order chi connectivity index (χ1) is 15.2. The lowest BCUT2D eigenvalue weighted by molar-refractivity contribution is -0.153. The molecule has 2 fully saturated rings. The Bertz CT molecular complexity index is 1220. The molecule has 3 aliphatic rings. The monoisotopic (exact) mass is 411 g/mol. The van der Waals surface area contributed by atoms with Gasteiger partial charge in [-0.15, -0.1) is 0 Å². The van der Waals surface area contributed by atoms with Crippen LogP contribution in [0.3, 0.4) is 0 Å². The Morgan fingerprint density at radius 1 is 1.03 bits per heavy atom. The molecule has 0 aliphatic carbocycles. The number of esters is 1. The Morgan fingerprint density at radius 2 is 1.81 bits per heavy atom. The minimum absolute atomic E-state index is 0.0788. The van der Waals surface area contributed by atoms with Crippen LogP contribution in [0.15, 0.2) is 84.9 Å². The van der Waals surface area contributed by atoms with Crippen molar-refractivity contribution in [3.8, 4) is 0 Å². The number of carbonyl (C=O) groups is 2. The third-order valence-corrected chi connectivity index (χ3v) is 6.65. The fourth-order valence-electron chi connectivity index (χ4n) is 5.24. The van der Waals surface area contributed by atoms with Gasteiger partial charge in [-0.25, -0.2) is 0 Å². The molecule has 5 nitrogen and oxygen atoms in total. The average Bonchev–Trinajstić information content (AvgIpc) is 3.46. The van der Waals surface area contributed by atoms with Crippen molar-refractivity contribution in [2.75, 3.05) is 11.4 Å². The molecule has 2 bridgehead atoms. The molecule has 0 unspecified atom stereocenters. The molecule has 0 radical (unpaired) electrons. The standard InChI is InChI=1S/C26H21NO4/c28-24-23-22(25(29)30-15-17-7-2-1-3-8-17)21-13-14-26(23,31-21)16-27(24)20-12-6-10-18-9-4-5-11-19(18)20/h1-14,21-23H,15-16H2/t21-,22+,23+,26-/m0/s1. The summed E-state index contributed by atoms with van der Waals surface area (Å²) >= 11 is 0. The van der Waals surface area contributed by atoms with Crippen LogP contribution in [0.2, 0.25) is 0 Å². The molecule has 0 aromatic heterocycles. The molecular weight excluding hydrogens is 390 g/mol. The molecule has 3 heterocycles. The summed E-state index contributed by atoms with van der Waals surface area (Å²) in [7, 11) is 0. The van der Waals surface area contributed by atoms with Gasteiger partial charge in [-0.1, -0.05) is 78.9 Å². The van der Waals surface area contributed by atoms with Crippen LogP contribution in [0.5, 0.6) is 0 Å². The molecule has 6 rings (SSSR count). The predicted octanol–water partition coefficient (Wildman–Crippen LogP) is 3.87. The van der Waals surface area contributed by atoms with Gasteiger partial charge in [0.25, 0.3) is 0 Å². The molecule has 0 N–H and O–H groups in total. The first kappa shape index (κ1) is 18.3. The smallest absolute Gasteiger partial charge is 0.313 e. The van der Waals surface area contributed by atoms with Crippen molar-refractivity contribution in [2.45, 2.75) is 18.3 Å². The Morgan fingerprint density at radius 3 is 2.68 bits per heavy atom. The summed E-state index contributed by atoms with van der Waals surface area (Å²) < 4.78 is 11.8. The quantitative estimate of drug-likeness (QED) is 0.483. The molecule has 4 atom stereocenters. The molecule has 154 valence electrons. The van der Waals surface area contributed by atoms with Crippen molar-refractivity contribution in [1.29, 1.82) is 0 Å². The largest absolute Gasteiger partial charge is 0.460 e. The zero-order valence-corrected chi connectivity index (χ0v) is 16.8. The molecule has 1 amide bonds. The first-order valence-electron chi connectivity index (χ1n) is 10.5.